The van der Waals surface area contributed by atoms with E-state index in [2.05, 4.69) is 4.99 Å². The lowest BCUT2D eigenvalue weighted by atomic mass is 10.1. The van der Waals surface area contributed by atoms with Crippen molar-refractivity contribution in [2.75, 3.05) is 0 Å². The fourth-order valence-corrected chi connectivity index (χ4v) is 1.61. The van der Waals surface area contributed by atoms with Crippen molar-refractivity contribution in [2.45, 2.75) is 18.4 Å². The van der Waals surface area contributed by atoms with E-state index in [0.717, 1.165) is 18.4 Å². The third-order valence-corrected chi connectivity index (χ3v) is 2.59. The molecular weight excluding hydrogens is 192 g/mol. The van der Waals surface area contributed by atoms with E-state index in [0.29, 0.717) is 0 Å². The number of carboxylic acids is 1. The highest BCUT2D eigenvalue weighted by molar-refractivity contribution is 6.33. The van der Waals surface area contributed by atoms with E-state index in [1.165, 1.54) is 0 Å². The molecule has 4 heteroatoms. The number of carboxylic acid groups (broad SMARTS) is 1. The number of aliphatic carboxylic acids is 1. The minimum Gasteiger partial charge on any atom is -0.475 e. The Labute approximate surface area is 87.4 Å². The highest BCUT2D eigenvalue weighted by atomic mass is 16.4. The van der Waals surface area contributed by atoms with Crippen molar-refractivity contribution >= 4 is 11.8 Å². The second-order valence-electron chi connectivity index (χ2n) is 3.70. The van der Waals surface area contributed by atoms with Gasteiger partial charge in [0.05, 0.1) is 5.54 Å². The zero-order chi connectivity index (χ0) is 10.9. The number of aliphatic imine (C=N–C) groups is 1. The summed E-state index contributed by atoms with van der Waals surface area (Å²) in [6, 6.07) is 9.66. The van der Waals surface area contributed by atoms with Crippen LogP contribution in [0.5, 0.6) is 0 Å². The van der Waals surface area contributed by atoms with Gasteiger partial charge in [0.15, 0.2) is 0 Å². The van der Waals surface area contributed by atoms with Gasteiger partial charge in [0, 0.05) is 0 Å². The summed E-state index contributed by atoms with van der Waals surface area (Å²) < 4.78 is 0. The Kier molecular flexibility index (Phi) is 2.19. The van der Waals surface area contributed by atoms with Crippen molar-refractivity contribution < 1.29 is 9.90 Å². The lowest BCUT2D eigenvalue weighted by Gasteiger charge is -2.10. The molecule has 1 aliphatic carbocycles. The minimum atomic E-state index is -1.16. The number of benzene rings is 1. The predicted molar refractivity (Wildman–Crippen MR) is 56.6 cm³/mol. The van der Waals surface area contributed by atoms with Crippen molar-refractivity contribution in [3.63, 3.8) is 0 Å². The van der Waals surface area contributed by atoms with E-state index in [9.17, 15) is 4.79 Å². The van der Waals surface area contributed by atoms with Crippen LogP contribution in [-0.4, -0.2) is 16.9 Å². The van der Waals surface area contributed by atoms with Gasteiger partial charge in [-0.3, -0.25) is 4.99 Å². The lowest BCUT2D eigenvalue weighted by Crippen LogP contribution is -2.25. The zero-order valence-electron chi connectivity index (χ0n) is 8.18. The van der Waals surface area contributed by atoms with Crippen LogP contribution >= 0.6 is 0 Å². The fraction of sp³-hybridized carbons (Fsp3) is 0.273. The maximum atomic E-state index is 10.6. The van der Waals surface area contributed by atoms with Gasteiger partial charge < -0.3 is 10.8 Å². The number of amidine groups is 1. The number of nitrogens with two attached hydrogens (primary N) is 1. The zero-order valence-corrected chi connectivity index (χ0v) is 8.18. The van der Waals surface area contributed by atoms with E-state index in [1.54, 1.807) is 0 Å². The largest absolute Gasteiger partial charge is 0.475 e. The van der Waals surface area contributed by atoms with Gasteiger partial charge in [-0.15, -0.1) is 0 Å². The molecule has 0 amide bonds. The summed E-state index contributed by atoms with van der Waals surface area (Å²) in [5.74, 6) is -1.46. The SMILES string of the molecule is NC(=NC1(c2ccccc2)CC1)C(=O)O. The van der Waals surface area contributed by atoms with Crippen LogP contribution in [0.25, 0.3) is 0 Å². The van der Waals surface area contributed by atoms with Crippen LogP contribution < -0.4 is 5.73 Å². The molecule has 1 aliphatic rings. The number of hydrogen-bond donors (Lipinski definition) is 2. The summed E-state index contributed by atoms with van der Waals surface area (Å²) in [7, 11) is 0. The van der Waals surface area contributed by atoms with Crippen molar-refractivity contribution in [1.29, 1.82) is 0 Å². The van der Waals surface area contributed by atoms with Gasteiger partial charge in [0.1, 0.15) is 0 Å². The molecule has 1 aromatic carbocycles. The molecule has 0 heterocycles. The molecule has 0 bridgehead atoms. The number of rotatable bonds is 2. The molecule has 0 spiro atoms. The number of nitrogens with zero attached hydrogens (tertiary/aromatic N) is 1. The Hall–Kier alpha value is -1.84. The van der Waals surface area contributed by atoms with E-state index in [1.807, 2.05) is 30.3 Å². The van der Waals surface area contributed by atoms with Crippen LogP contribution in [0.3, 0.4) is 0 Å². The molecule has 1 saturated carbocycles. The van der Waals surface area contributed by atoms with E-state index < -0.39 is 5.97 Å². The van der Waals surface area contributed by atoms with Gasteiger partial charge in [-0.2, -0.15) is 0 Å². The van der Waals surface area contributed by atoms with Crippen LogP contribution in [0.1, 0.15) is 18.4 Å². The van der Waals surface area contributed by atoms with Crippen molar-refractivity contribution in [3.8, 4) is 0 Å². The van der Waals surface area contributed by atoms with Crippen LogP contribution in [0.15, 0.2) is 35.3 Å². The van der Waals surface area contributed by atoms with Gasteiger partial charge >= 0.3 is 5.97 Å². The van der Waals surface area contributed by atoms with Crippen LogP contribution in [0, 0.1) is 0 Å². The number of hydrogen-bond acceptors (Lipinski definition) is 2. The van der Waals surface area contributed by atoms with E-state index in [4.69, 9.17) is 10.8 Å². The third-order valence-electron chi connectivity index (χ3n) is 2.59. The summed E-state index contributed by atoms with van der Waals surface area (Å²) in [4.78, 5) is 14.7. The van der Waals surface area contributed by atoms with Crippen molar-refractivity contribution in [1.82, 2.24) is 0 Å². The summed E-state index contributed by atoms with van der Waals surface area (Å²) in [6.07, 6.45) is 1.73. The first-order chi connectivity index (χ1) is 7.14. The topological polar surface area (TPSA) is 75.7 Å². The van der Waals surface area contributed by atoms with Gasteiger partial charge in [-0.25, -0.2) is 4.79 Å². The number of carbonyl (C=O) groups is 1. The molecule has 2 rings (SSSR count). The second kappa shape index (κ2) is 3.38. The summed E-state index contributed by atoms with van der Waals surface area (Å²) in [5.41, 5.74) is 6.00. The molecule has 78 valence electrons. The van der Waals surface area contributed by atoms with Crippen LogP contribution in [0.2, 0.25) is 0 Å². The molecule has 1 fully saturated rings. The maximum absolute atomic E-state index is 10.6. The summed E-state index contributed by atoms with van der Waals surface area (Å²) >= 11 is 0. The first kappa shape index (κ1) is 9.71. The Balaban J connectivity index is 2.30. The van der Waals surface area contributed by atoms with Gasteiger partial charge in [0.25, 0.3) is 0 Å². The first-order valence-corrected chi connectivity index (χ1v) is 4.78. The molecule has 0 aliphatic heterocycles. The summed E-state index contributed by atoms with van der Waals surface area (Å²) in [5, 5.41) is 8.66. The highest BCUT2D eigenvalue weighted by Gasteiger charge is 2.44. The van der Waals surface area contributed by atoms with Gasteiger partial charge in [0.2, 0.25) is 5.84 Å². The van der Waals surface area contributed by atoms with E-state index in [-0.39, 0.29) is 11.4 Å². The van der Waals surface area contributed by atoms with E-state index >= 15 is 0 Å². The van der Waals surface area contributed by atoms with Crippen LogP contribution in [-0.2, 0) is 10.3 Å². The monoisotopic (exact) mass is 204 g/mol. The molecule has 1 aromatic rings. The Morgan fingerprint density at radius 3 is 2.40 bits per heavy atom. The third kappa shape index (κ3) is 1.83. The second-order valence-corrected chi connectivity index (χ2v) is 3.70. The van der Waals surface area contributed by atoms with Crippen molar-refractivity contribution in [3.05, 3.63) is 35.9 Å². The molecule has 0 aromatic heterocycles. The quantitative estimate of drug-likeness (QED) is 0.559. The molecule has 0 radical (unpaired) electrons. The highest BCUT2D eigenvalue weighted by Crippen LogP contribution is 2.49. The fourth-order valence-electron chi connectivity index (χ4n) is 1.61. The van der Waals surface area contributed by atoms with Gasteiger partial charge in [-0.1, -0.05) is 30.3 Å². The average Bonchev–Trinajstić information content (AvgIpc) is 3.00. The molecule has 4 nitrogen and oxygen atoms in total. The predicted octanol–water partition coefficient (Wildman–Crippen LogP) is 1.12. The minimum absolute atomic E-state index is 0.309. The lowest BCUT2D eigenvalue weighted by molar-refractivity contribution is -0.129. The molecule has 3 N–H and O–H groups in total. The summed E-state index contributed by atoms with van der Waals surface area (Å²) in [6.45, 7) is 0. The molecule has 0 unspecified atom stereocenters. The Morgan fingerprint density at radius 2 is 1.93 bits per heavy atom. The Morgan fingerprint density at radius 1 is 1.33 bits per heavy atom. The molecule has 0 saturated heterocycles. The standard InChI is InChI=1S/C11H12N2O2/c12-9(10(14)15)13-11(6-7-11)8-4-2-1-3-5-8/h1-5H,6-7H2,(H2,12,13)(H,14,15). The molecule has 15 heavy (non-hydrogen) atoms. The molecular formula is C11H12N2O2. The van der Waals surface area contributed by atoms with Crippen molar-refractivity contribution in [2.24, 2.45) is 10.7 Å². The molecule has 0 atom stereocenters. The van der Waals surface area contributed by atoms with Gasteiger partial charge in [-0.05, 0) is 18.4 Å². The normalized spacial score (nSPS) is 18.5. The maximum Gasteiger partial charge on any atom is 0.370 e. The Bertz CT molecular complexity index is 408. The average molecular weight is 204 g/mol. The smallest absolute Gasteiger partial charge is 0.370 e. The van der Waals surface area contributed by atoms with Crippen LogP contribution in [0.4, 0.5) is 0 Å². The first-order valence-electron chi connectivity index (χ1n) is 4.78.